The Labute approximate surface area is 88.8 Å². The normalized spacial score (nSPS) is 21.1. The quantitative estimate of drug-likeness (QED) is 0.701. The molecule has 1 saturated heterocycles. The number of rotatable bonds is 4. The second-order valence-electron chi connectivity index (χ2n) is 3.85. The van der Waals surface area contributed by atoms with Crippen LogP contribution in [0.15, 0.2) is 16.5 Å². The van der Waals surface area contributed by atoms with Crippen LogP contribution in [0.4, 0.5) is 0 Å². The second kappa shape index (κ2) is 4.59. The first kappa shape index (κ1) is 10.4. The fourth-order valence-corrected chi connectivity index (χ4v) is 1.79. The first-order chi connectivity index (χ1) is 7.29. The Morgan fingerprint density at radius 2 is 2.47 bits per heavy atom. The summed E-state index contributed by atoms with van der Waals surface area (Å²) in [5, 5.41) is 0. The first-order valence-electron chi connectivity index (χ1n) is 5.11. The maximum atomic E-state index is 10.4. The smallest absolute Gasteiger partial charge is 0.185 e. The summed E-state index contributed by atoms with van der Waals surface area (Å²) < 4.78 is 10.6. The number of carbonyl (C=O) groups is 1. The van der Waals surface area contributed by atoms with Crippen LogP contribution in [0, 0.1) is 0 Å². The summed E-state index contributed by atoms with van der Waals surface area (Å²) in [5.74, 6) is 1.22. The van der Waals surface area contributed by atoms with Crippen molar-refractivity contribution in [1.82, 2.24) is 4.90 Å². The largest absolute Gasteiger partial charge is 0.457 e. The number of aldehydes is 1. The fourth-order valence-electron chi connectivity index (χ4n) is 1.79. The molecule has 0 bridgehead atoms. The average molecular weight is 209 g/mol. The van der Waals surface area contributed by atoms with Gasteiger partial charge in [0.15, 0.2) is 12.0 Å². The highest BCUT2D eigenvalue weighted by atomic mass is 16.5. The lowest BCUT2D eigenvalue weighted by molar-refractivity contribution is 0.109. The van der Waals surface area contributed by atoms with Gasteiger partial charge in [-0.3, -0.25) is 9.69 Å². The van der Waals surface area contributed by atoms with Gasteiger partial charge in [0.25, 0.3) is 0 Å². The molecule has 0 saturated carbocycles. The van der Waals surface area contributed by atoms with Crippen LogP contribution in [0.5, 0.6) is 0 Å². The molecule has 1 atom stereocenters. The Kier molecular flexibility index (Phi) is 3.18. The Morgan fingerprint density at radius 1 is 1.60 bits per heavy atom. The summed E-state index contributed by atoms with van der Waals surface area (Å²) in [7, 11) is 2.04. The van der Waals surface area contributed by atoms with Gasteiger partial charge in [0.1, 0.15) is 5.76 Å². The van der Waals surface area contributed by atoms with Crippen LogP contribution in [-0.4, -0.2) is 37.5 Å². The molecule has 1 aliphatic heterocycles. The first-order valence-corrected chi connectivity index (χ1v) is 5.11. The van der Waals surface area contributed by atoms with Gasteiger partial charge in [-0.15, -0.1) is 0 Å². The number of ether oxygens (including phenoxy) is 1. The van der Waals surface area contributed by atoms with Crippen molar-refractivity contribution in [3.8, 4) is 0 Å². The monoisotopic (exact) mass is 209 g/mol. The van der Waals surface area contributed by atoms with E-state index in [1.54, 1.807) is 6.07 Å². The molecule has 0 aliphatic carbocycles. The molecule has 2 heterocycles. The van der Waals surface area contributed by atoms with Crippen molar-refractivity contribution in [2.24, 2.45) is 0 Å². The third kappa shape index (κ3) is 2.46. The maximum absolute atomic E-state index is 10.4. The van der Waals surface area contributed by atoms with E-state index >= 15 is 0 Å². The Balaban J connectivity index is 1.92. The lowest BCUT2D eigenvalue weighted by atomic mass is 10.2. The molecule has 1 fully saturated rings. The van der Waals surface area contributed by atoms with Crippen molar-refractivity contribution < 1.29 is 13.9 Å². The van der Waals surface area contributed by atoms with E-state index in [0.717, 1.165) is 38.2 Å². The van der Waals surface area contributed by atoms with E-state index in [2.05, 4.69) is 4.90 Å². The molecule has 15 heavy (non-hydrogen) atoms. The molecular formula is C11H15NO3. The molecule has 0 radical (unpaired) electrons. The minimum absolute atomic E-state index is 0.390. The van der Waals surface area contributed by atoms with Crippen LogP contribution >= 0.6 is 0 Å². The Morgan fingerprint density at radius 3 is 3.07 bits per heavy atom. The van der Waals surface area contributed by atoms with Gasteiger partial charge in [-0.25, -0.2) is 0 Å². The fraction of sp³-hybridized carbons (Fsp3) is 0.545. The topological polar surface area (TPSA) is 42.7 Å². The average Bonchev–Trinajstić information content (AvgIpc) is 2.87. The molecule has 0 aromatic carbocycles. The summed E-state index contributed by atoms with van der Waals surface area (Å²) in [6, 6.07) is 4.01. The van der Waals surface area contributed by atoms with Crippen molar-refractivity contribution in [3.63, 3.8) is 0 Å². The van der Waals surface area contributed by atoms with Crippen molar-refractivity contribution in [2.45, 2.75) is 19.0 Å². The van der Waals surface area contributed by atoms with E-state index in [0.29, 0.717) is 11.8 Å². The predicted octanol–water partition coefficient (Wildman–Crippen LogP) is 1.31. The molecule has 1 unspecified atom stereocenters. The zero-order valence-corrected chi connectivity index (χ0v) is 8.81. The van der Waals surface area contributed by atoms with Gasteiger partial charge in [0.2, 0.25) is 0 Å². The Hall–Kier alpha value is -1.13. The molecule has 4 nitrogen and oxygen atoms in total. The van der Waals surface area contributed by atoms with Crippen LogP contribution in [0.25, 0.3) is 0 Å². The predicted molar refractivity (Wildman–Crippen MR) is 54.8 cm³/mol. The molecule has 2 rings (SSSR count). The van der Waals surface area contributed by atoms with E-state index in [4.69, 9.17) is 9.15 Å². The number of carbonyl (C=O) groups excluding carboxylic acids is 1. The number of furan rings is 1. The lowest BCUT2D eigenvalue weighted by Gasteiger charge is -2.21. The Bertz CT molecular complexity index is 328. The van der Waals surface area contributed by atoms with E-state index in [1.807, 2.05) is 13.1 Å². The van der Waals surface area contributed by atoms with Crippen LogP contribution in [0.3, 0.4) is 0 Å². The van der Waals surface area contributed by atoms with Crippen LogP contribution in [0.2, 0.25) is 0 Å². The molecular weight excluding hydrogens is 194 g/mol. The molecule has 0 spiro atoms. The van der Waals surface area contributed by atoms with Gasteiger partial charge >= 0.3 is 0 Å². The number of hydrogen-bond donors (Lipinski definition) is 0. The highest BCUT2D eigenvalue weighted by Crippen LogP contribution is 2.15. The van der Waals surface area contributed by atoms with Gasteiger partial charge in [0.05, 0.1) is 13.2 Å². The second-order valence-corrected chi connectivity index (χ2v) is 3.85. The summed E-state index contributed by atoms with van der Waals surface area (Å²) in [4.78, 5) is 12.6. The number of nitrogens with zero attached hydrogens (tertiary/aromatic N) is 1. The van der Waals surface area contributed by atoms with Crippen molar-refractivity contribution in [2.75, 3.05) is 20.3 Å². The van der Waals surface area contributed by atoms with Crippen molar-refractivity contribution in [1.29, 1.82) is 0 Å². The molecule has 4 heteroatoms. The van der Waals surface area contributed by atoms with Crippen molar-refractivity contribution in [3.05, 3.63) is 23.7 Å². The van der Waals surface area contributed by atoms with E-state index in [1.165, 1.54) is 0 Å². The highest BCUT2D eigenvalue weighted by molar-refractivity contribution is 5.70. The molecule has 0 amide bonds. The minimum Gasteiger partial charge on any atom is -0.457 e. The van der Waals surface area contributed by atoms with Gasteiger partial charge in [-0.1, -0.05) is 0 Å². The van der Waals surface area contributed by atoms with E-state index < -0.39 is 0 Å². The third-order valence-electron chi connectivity index (χ3n) is 2.73. The molecule has 0 N–H and O–H groups in total. The van der Waals surface area contributed by atoms with Gasteiger partial charge in [-0.2, -0.15) is 0 Å². The van der Waals surface area contributed by atoms with Crippen LogP contribution in [0.1, 0.15) is 22.7 Å². The minimum atomic E-state index is 0.390. The number of hydrogen-bond acceptors (Lipinski definition) is 4. The molecule has 1 aliphatic rings. The van der Waals surface area contributed by atoms with Crippen molar-refractivity contribution >= 4 is 6.29 Å². The zero-order chi connectivity index (χ0) is 10.7. The van der Waals surface area contributed by atoms with E-state index in [-0.39, 0.29) is 0 Å². The molecule has 1 aromatic rings. The maximum Gasteiger partial charge on any atom is 0.185 e. The van der Waals surface area contributed by atoms with Crippen LogP contribution in [-0.2, 0) is 11.3 Å². The van der Waals surface area contributed by atoms with Gasteiger partial charge in [-0.05, 0) is 25.6 Å². The summed E-state index contributed by atoms with van der Waals surface area (Å²) >= 11 is 0. The SMILES string of the molecule is CN(Cc1ccc(C=O)o1)C1CCOC1. The summed E-state index contributed by atoms with van der Waals surface area (Å²) in [6.07, 6.45) is 1.79. The third-order valence-corrected chi connectivity index (χ3v) is 2.73. The summed E-state index contributed by atoms with van der Waals surface area (Å²) in [6.45, 7) is 2.35. The van der Waals surface area contributed by atoms with E-state index in [9.17, 15) is 4.79 Å². The van der Waals surface area contributed by atoms with Gasteiger partial charge < -0.3 is 9.15 Å². The molecule has 1 aromatic heterocycles. The number of likely N-dealkylation sites (N-methyl/N-ethyl adjacent to an activating group) is 1. The highest BCUT2D eigenvalue weighted by Gasteiger charge is 2.20. The molecule has 82 valence electrons. The summed E-state index contributed by atoms with van der Waals surface area (Å²) in [5.41, 5.74) is 0. The standard InChI is InChI=1S/C11H15NO3/c1-12(9-4-5-14-8-9)6-10-2-3-11(7-13)15-10/h2-3,7,9H,4-6,8H2,1H3. The zero-order valence-electron chi connectivity index (χ0n) is 8.81. The lowest BCUT2D eigenvalue weighted by Crippen LogP contribution is -2.31. The van der Waals surface area contributed by atoms with Gasteiger partial charge in [0, 0.05) is 12.6 Å². The van der Waals surface area contributed by atoms with Crippen LogP contribution < -0.4 is 0 Å².